The van der Waals surface area contributed by atoms with Gasteiger partial charge < -0.3 is 14.6 Å². The van der Waals surface area contributed by atoms with E-state index in [1.165, 1.54) is 5.69 Å². The third kappa shape index (κ3) is 3.50. The molecule has 0 spiro atoms. The van der Waals surface area contributed by atoms with Crippen molar-refractivity contribution in [3.05, 3.63) is 60.6 Å². The van der Waals surface area contributed by atoms with Crippen LogP contribution in [0.2, 0.25) is 0 Å². The Morgan fingerprint density at radius 1 is 1.16 bits per heavy atom. The van der Waals surface area contributed by atoms with E-state index in [2.05, 4.69) is 15.2 Å². The number of anilines is 1. The van der Waals surface area contributed by atoms with E-state index in [4.69, 9.17) is 4.42 Å². The number of aromatic nitrogens is 1. The molecule has 2 aromatic heterocycles. The second-order valence-electron chi connectivity index (χ2n) is 6.49. The Balaban J connectivity index is 1.29. The molecule has 128 valence electrons. The van der Waals surface area contributed by atoms with Gasteiger partial charge in [0.25, 0.3) is 5.91 Å². The van der Waals surface area contributed by atoms with E-state index in [1.807, 2.05) is 48.8 Å². The predicted molar refractivity (Wildman–Crippen MR) is 97.7 cm³/mol. The van der Waals surface area contributed by atoms with E-state index >= 15 is 0 Å². The van der Waals surface area contributed by atoms with E-state index in [9.17, 15) is 4.79 Å². The molecular formula is C20H21N3O2. The van der Waals surface area contributed by atoms with E-state index < -0.39 is 0 Å². The van der Waals surface area contributed by atoms with Gasteiger partial charge in [-0.05, 0) is 43.0 Å². The normalized spacial score (nSPS) is 15.4. The Morgan fingerprint density at radius 3 is 2.68 bits per heavy atom. The minimum Gasteiger partial charge on any atom is -0.451 e. The summed E-state index contributed by atoms with van der Waals surface area (Å²) in [4.78, 5) is 18.8. The monoisotopic (exact) mass is 335 g/mol. The summed E-state index contributed by atoms with van der Waals surface area (Å²) >= 11 is 0. The first-order chi connectivity index (χ1) is 12.3. The van der Waals surface area contributed by atoms with Crippen molar-refractivity contribution in [2.24, 2.45) is 5.92 Å². The highest BCUT2D eigenvalue weighted by Gasteiger charge is 2.21. The van der Waals surface area contributed by atoms with Crippen LogP contribution < -0.4 is 10.2 Å². The largest absolute Gasteiger partial charge is 0.451 e. The van der Waals surface area contributed by atoms with Crippen molar-refractivity contribution < 1.29 is 9.21 Å². The van der Waals surface area contributed by atoms with E-state index in [0.29, 0.717) is 18.2 Å². The van der Waals surface area contributed by atoms with Crippen LogP contribution >= 0.6 is 0 Å². The molecular weight excluding hydrogens is 314 g/mol. The lowest BCUT2D eigenvalue weighted by Gasteiger charge is -2.33. The van der Waals surface area contributed by atoms with Gasteiger partial charge in [0.15, 0.2) is 5.76 Å². The number of fused-ring (bicyclic) bond motifs is 1. The zero-order chi connectivity index (χ0) is 17.1. The summed E-state index contributed by atoms with van der Waals surface area (Å²) < 4.78 is 5.62. The molecule has 0 radical (unpaired) electrons. The number of hydrogen-bond donors (Lipinski definition) is 1. The average Bonchev–Trinajstić information content (AvgIpc) is 3.11. The fraction of sp³-hybridized carbons (Fsp3) is 0.300. The van der Waals surface area contributed by atoms with Gasteiger partial charge in [-0.1, -0.05) is 18.2 Å². The molecule has 4 rings (SSSR count). The van der Waals surface area contributed by atoms with Gasteiger partial charge in [0.2, 0.25) is 0 Å². The molecule has 1 N–H and O–H groups in total. The molecule has 25 heavy (non-hydrogen) atoms. The number of piperidine rings is 1. The lowest BCUT2D eigenvalue weighted by atomic mass is 9.96. The molecule has 1 fully saturated rings. The molecule has 1 aliphatic rings. The van der Waals surface area contributed by atoms with Gasteiger partial charge in [-0.25, -0.2) is 0 Å². The molecule has 3 aromatic rings. The first-order valence-corrected chi connectivity index (χ1v) is 8.71. The van der Waals surface area contributed by atoms with E-state index in [0.717, 1.165) is 36.9 Å². The Kier molecular flexibility index (Phi) is 4.37. The first-order valence-electron chi connectivity index (χ1n) is 8.71. The Morgan fingerprint density at radius 2 is 1.92 bits per heavy atom. The molecule has 1 aliphatic heterocycles. The van der Waals surface area contributed by atoms with Crippen molar-refractivity contribution in [2.45, 2.75) is 12.8 Å². The second-order valence-corrected chi connectivity index (χ2v) is 6.49. The number of pyridine rings is 1. The molecule has 0 bridgehead atoms. The maximum atomic E-state index is 12.3. The molecule has 1 aromatic carbocycles. The van der Waals surface area contributed by atoms with Crippen molar-refractivity contribution in [1.82, 2.24) is 10.3 Å². The molecule has 0 aliphatic carbocycles. The third-order valence-electron chi connectivity index (χ3n) is 4.84. The van der Waals surface area contributed by atoms with E-state index in [-0.39, 0.29) is 5.91 Å². The number of hydrogen-bond acceptors (Lipinski definition) is 4. The number of amides is 1. The van der Waals surface area contributed by atoms with Crippen molar-refractivity contribution in [3.8, 4) is 0 Å². The first kappa shape index (κ1) is 15.7. The highest BCUT2D eigenvalue weighted by Crippen LogP contribution is 2.23. The molecule has 0 atom stereocenters. The quantitative estimate of drug-likeness (QED) is 0.793. The topological polar surface area (TPSA) is 58.4 Å². The van der Waals surface area contributed by atoms with Crippen LogP contribution in [0.4, 0.5) is 5.69 Å². The number of rotatable bonds is 4. The third-order valence-corrected chi connectivity index (χ3v) is 4.84. The molecule has 1 saturated heterocycles. The maximum Gasteiger partial charge on any atom is 0.287 e. The fourth-order valence-corrected chi connectivity index (χ4v) is 3.37. The summed E-state index contributed by atoms with van der Waals surface area (Å²) in [6.45, 7) is 2.71. The minimum absolute atomic E-state index is 0.132. The fourth-order valence-electron chi connectivity index (χ4n) is 3.37. The number of benzene rings is 1. The number of nitrogens with zero attached hydrogens (tertiary/aromatic N) is 2. The van der Waals surface area contributed by atoms with Gasteiger partial charge in [-0.2, -0.15) is 0 Å². The average molecular weight is 335 g/mol. The summed E-state index contributed by atoms with van der Waals surface area (Å²) in [5.41, 5.74) is 1.97. The van der Waals surface area contributed by atoms with Crippen molar-refractivity contribution >= 4 is 22.6 Å². The van der Waals surface area contributed by atoms with Crippen LogP contribution in [0.1, 0.15) is 23.4 Å². The highest BCUT2D eigenvalue weighted by atomic mass is 16.3. The lowest BCUT2D eigenvalue weighted by Crippen LogP contribution is -2.38. The van der Waals surface area contributed by atoms with Crippen LogP contribution in [0.5, 0.6) is 0 Å². The van der Waals surface area contributed by atoms with Gasteiger partial charge in [0, 0.05) is 43.1 Å². The zero-order valence-electron chi connectivity index (χ0n) is 14.0. The number of furan rings is 1. The number of para-hydroxylation sites is 1. The van der Waals surface area contributed by atoms with Gasteiger partial charge in [-0.3, -0.25) is 9.78 Å². The summed E-state index contributed by atoms with van der Waals surface area (Å²) in [6.07, 6.45) is 5.80. The van der Waals surface area contributed by atoms with E-state index in [1.54, 1.807) is 6.07 Å². The Bertz CT molecular complexity index is 819. The molecule has 0 saturated carbocycles. The maximum absolute atomic E-state index is 12.3. The number of nitrogens with one attached hydrogen (secondary N) is 1. The zero-order valence-corrected chi connectivity index (χ0v) is 14.0. The Labute approximate surface area is 146 Å². The van der Waals surface area contributed by atoms with Crippen LogP contribution in [0, 0.1) is 5.92 Å². The summed E-state index contributed by atoms with van der Waals surface area (Å²) in [5, 5.41) is 3.98. The van der Waals surface area contributed by atoms with Crippen LogP contribution in [0.3, 0.4) is 0 Å². The second kappa shape index (κ2) is 6.97. The van der Waals surface area contributed by atoms with Crippen molar-refractivity contribution in [2.75, 3.05) is 24.5 Å². The molecule has 0 unspecified atom stereocenters. The number of carbonyl (C=O) groups excluding carboxylic acids is 1. The van der Waals surface area contributed by atoms with Crippen LogP contribution in [0.25, 0.3) is 11.0 Å². The smallest absolute Gasteiger partial charge is 0.287 e. The predicted octanol–water partition coefficient (Wildman–Crippen LogP) is 3.47. The Hall–Kier alpha value is -2.82. The van der Waals surface area contributed by atoms with Crippen LogP contribution in [-0.2, 0) is 0 Å². The molecule has 5 heteroatoms. The van der Waals surface area contributed by atoms with Gasteiger partial charge >= 0.3 is 0 Å². The highest BCUT2D eigenvalue weighted by molar-refractivity contribution is 5.96. The standard InChI is InChI=1S/C20H21N3O2/c24-20(19-13-16-3-1-2-4-18(16)25-19)22-14-15-7-11-23(12-8-15)17-5-9-21-10-6-17/h1-6,9-10,13,15H,7-8,11-12,14H2,(H,22,24). The van der Waals surface area contributed by atoms with Crippen LogP contribution in [-0.4, -0.2) is 30.5 Å². The summed E-state index contributed by atoms with van der Waals surface area (Å²) in [5.74, 6) is 0.759. The van der Waals surface area contributed by atoms with Crippen molar-refractivity contribution in [3.63, 3.8) is 0 Å². The van der Waals surface area contributed by atoms with Crippen LogP contribution in [0.15, 0.2) is 59.3 Å². The van der Waals surface area contributed by atoms with Gasteiger partial charge in [0.1, 0.15) is 5.58 Å². The van der Waals surface area contributed by atoms with Crippen molar-refractivity contribution in [1.29, 1.82) is 0 Å². The SMILES string of the molecule is O=C(NCC1CCN(c2ccncc2)CC1)c1cc2ccccc2o1. The summed E-state index contributed by atoms with van der Waals surface area (Å²) in [6, 6.07) is 13.6. The van der Waals surface area contributed by atoms with Gasteiger partial charge in [0.05, 0.1) is 0 Å². The molecule has 1 amide bonds. The summed E-state index contributed by atoms with van der Waals surface area (Å²) in [7, 11) is 0. The minimum atomic E-state index is -0.132. The lowest BCUT2D eigenvalue weighted by molar-refractivity contribution is 0.0919. The number of carbonyl (C=O) groups is 1. The molecule has 3 heterocycles. The van der Waals surface area contributed by atoms with Gasteiger partial charge in [-0.15, -0.1) is 0 Å². The molecule has 5 nitrogen and oxygen atoms in total.